The van der Waals surface area contributed by atoms with E-state index in [1.165, 1.54) is 5.56 Å². The van der Waals surface area contributed by atoms with Gasteiger partial charge in [0.25, 0.3) is 0 Å². The topological polar surface area (TPSA) is 28.4 Å². The van der Waals surface area contributed by atoms with Crippen molar-refractivity contribution in [2.75, 3.05) is 20.1 Å². The molecule has 1 aliphatic heterocycles. The first-order chi connectivity index (χ1) is 6.27. The first-order valence-electron chi connectivity index (χ1n) is 4.71. The summed E-state index contributed by atoms with van der Waals surface area (Å²) in [6.45, 7) is 5.23. The highest BCUT2D eigenvalue weighted by molar-refractivity contribution is 5.14. The van der Waals surface area contributed by atoms with E-state index in [2.05, 4.69) is 24.2 Å². The van der Waals surface area contributed by atoms with Crippen LogP contribution < -0.4 is 5.32 Å². The molecule has 72 valence electrons. The van der Waals surface area contributed by atoms with Gasteiger partial charge in [0.05, 0.1) is 12.8 Å². The first kappa shape index (κ1) is 8.78. The molecule has 0 saturated carbocycles. The van der Waals surface area contributed by atoms with Crippen LogP contribution in [-0.2, 0) is 6.54 Å². The summed E-state index contributed by atoms with van der Waals surface area (Å²) in [5, 5.41) is 3.26. The lowest BCUT2D eigenvalue weighted by Crippen LogP contribution is -2.55. The van der Waals surface area contributed by atoms with Gasteiger partial charge in [0.1, 0.15) is 5.76 Å². The summed E-state index contributed by atoms with van der Waals surface area (Å²) in [4.78, 5) is 2.34. The van der Waals surface area contributed by atoms with E-state index in [0.717, 1.165) is 25.4 Å². The Morgan fingerprint density at radius 2 is 2.38 bits per heavy atom. The summed E-state index contributed by atoms with van der Waals surface area (Å²) in [7, 11) is 2.15. The highest BCUT2D eigenvalue weighted by atomic mass is 16.3. The zero-order chi connectivity index (χ0) is 9.26. The van der Waals surface area contributed by atoms with Crippen LogP contribution in [0.1, 0.15) is 11.3 Å². The van der Waals surface area contributed by atoms with Crippen LogP contribution in [-0.4, -0.2) is 31.1 Å². The molecular formula is C10H16N2O. The molecule has 0 bridgehead atoms. The molecule has 0 atom stereocenters. The number of nitrogens with zero attached hydrogens (tertiary/aromatic N) is 1. The van der Waals surface area contributed by atoms with Crippen molar-refractivity contribution in [1.82, 2.24) is 10.2 Å². The maximum atomic E-state index is 5.39. The predicted molar refractivity (Wildman–Crippen MR) is 51.6 cm³/mol. The van der Waals surface area contributed by atoms with E-state index >= 15 is 0 Å². The molecule has 3 heteroatoms. The number of likely N-dealkylation sites (N-methyl/N-ethyl adjacent to an activating group) is 1. The molecule has 0 unspecified atom stereocenters. The number of hydrogen-bond acceptors (Lipinski definition) is 3. The van der Waals surface area contributed by atoms with E-state index in [1.807, 2.05) is 6.07 Å². The lowest BCUT2D eigenvalue weighted by Gasteiger charge is -2.35. The quantitative estimate of drug-likeness (QED) is 0.752. The lowest BCUT2D eigenvalue weighted by atomic mass is 10.1. The van der Waals surface area contributed by atoms with Gasteiger partial charge in [-0.05, 0) is 25.6 Å². The molecular weight excluding hydrogens is 164 g/mol. The van der Waals surface area contributed by atoms with Crippen molar-refractivity contribution in [3.05, 3.63) is 23.7 Å². The molecule has 0 aliphatic carbocycles. The largest absolute Gasteiger partial charge is 0.468 e. The fourth-order valence-corrected chi connectivity index (χ4v) is 1.51. The third kappa shape index (κ3) is 1.76. The number of rotatable bonds is 3. The van der Waals surface area contributed by atoms with Crippen LogP contribution >= 0.6 is 0 Å². The first-order valence-corrected chi connectivity index (χ1v) is 4.71. The van der Waals surface area contributed by atoms with Crippen molar-refractivity contribution in [3.8, 4) is 0 Å². The van der Waals surface area contributed by atoms with Gasteiger partial charge < -0.3 is 9.73 Å². The Morgan fingerprint density at radius 3 is 2.85 bits per heavy atom. The third-order valence-electron chi connectivity index (χ3n) is 2.74. The van der Waals surface area contributed by atoms with E-state index in [1.54, 1.807) is 6.26 Å². The lowest BCUT2D eigenvalue weighted by molar-refractivity contribution is 0.162. The summed E-state index contributed by atoms with van der Waals surface area (Å²) in [6.07, 6.45) is 1.76. The van der Waals surface area contributed by atoms with Crippen molar-refractivity contribution in [2.24, 2.45) is 0 Å². The molecule has 3 nitrogen and oxygen atoms in total. The monoisotopic (exact) mass is 180 g/mol. The highest BCUT2D eigenvalue weighted by Gasteiger charge is 2.22. The molecule has 2 heterocycles. The minimum Gasteiger partial charge on any atom is -0.468 e. The zero-order valence-corrected chi connectivity index (χ0v) is 8.21. The summed E-state index contributed by atoms with van der Waals surface area (Å²) in [6, 6.07) is 2.70. The average molecular weight is 180 g/mol. The number of furan rings is 1. The van der Waals surface area contributed by atoms with Gasteiger partial charge in [-0.2, -0.15) is 0 Å². The van der Waals surface area contributed by atoms with Gasteiger partial charge in [-0.25, -0.2) is 0 Å². The van der Waals surface area contributed by atoms with Crippen LogP contribution in [0, 0.1) is 6.92 Å². The van der Waals surface area contributed by atoms with Gasteiger partial charge in [-0.1, -0.05) is 0 Å². The van der Waals surface area contributed by atoms with E-state index in [9.17, 15) is 0 Å². The van der Waals surface area contributed by atoms with Crippen LogP contribution in [0.2, 0.25) is 0 Å². The van der Waals surface area contributed by atoms with Crippen LogP contribution in [0.4, 0.5) is 0 Å². The Morgan fingerprint density at radius 1 is 1.62 bits per heavy atom. The van der Waals surface area contributed by atoms with Gasteiger partial charge in [-0.3, -0.25) is 4.90 Å². The molecule has 0 amide bonds. The normalized spacial score (nSPS) is 17.8. The summed E-state index contributed by atoms with van der Waals surface area (Å²) >= 11 is 0. The average Bonchev–Trinajstić information content (AvgIpc) is 2.32. The molecule has 1 fully saturated rings. The molecule has 1 N–H and O–H groups in total. The molecule has 0 aromatic carbocycles. The Labute approximate surface area is 78.7 Å². The van der Waals surface area contributed by atoms with Crippen LogP contribution in [0.3, 0.4) is 0 Å². The Hall–Kier alpha value is -0.800. The Balaban J connectivity index is 1.93. The second-order valence-corrected chi connectivity index (χ2v) is 3.75. The van der Waals surface area contributed by atoms with Crippen molar-refractivity contribution in [1.29, 1.82) is 0 Å². The van der Waals surface area contributed by atoms with E-state index in [-0.39, 0.29) is 0 Å². The maximum absolute atomic E-state index is 5.39. The smallest absolute Gasteiger partial charge is 0.120 e. The number of aryl methyl sites for hydroxylation is 1. The minimum absolute atomic E-state index is 0.685. The van der Waals surface area contributed by atoms with Crippen LogP contribution in [0.5, 0.6) is 0 Å². The van der Waals surface area contributed by atoms with Gasteiger partial charge >= 0.3 is 0 Å². The van der Waals surface area contributed by atoms with Crippen molar-refractivity contribution >= 4 is 0 Å². The second kappa shape index (κ2) is 3.52. The van der Waals surface area contributed by atoms with Gasteiger partial charge in [-0.15, -0.1) is 0 Å². The summed E-state index contributed by atoms with van der Waals surface area (Å²) in [5.41, 5.74) is 1.25. The zero-order valence-electron chi connectivity index (χ0n) is 8.21. The SMILES string of the molecule is Cc1ccoc1CN(C)C1CNC1. The van der Waals surface area contributed by atoms with Crippen molar-refractivity contribution in [3.63, 3.8) is 0 Å². The van der Waals surface area contributed by atoms with Crippen molar-refractivity contribution < 1.29 is 4.42 Å². The molecule has 2 rings (SSSR count). The molecule has 1 aromatic heterocycles. The second-order valence-electron chi connectivity index (χ2n) is 3.75. The van der Waals surface area contributed by atoms with Crippen molar-refractivity contribution in [2.45, 2.75) is 19.5 Å². The minimum atomic E-state index is 0.685. The standard InChI is InChI=1S/C10H16N2O/c1-8-3-4-13-10(8)7-12(2)9-5-11-6-9/h3-4,9,11H,5-7H2,1-2H3. The summed E-state index contributed by atoms with van der Waals surface area (Å²) in [5.74, 6) is 1.09. The van der Waals surface area contributed by atoms with Gasteiger partial charge in [0, 0.05) is 19.1 Å². The Bertz CT molecular complexity index is 278. The van der Waals surface area contributed by atoms with E-state index in [0.29, 0.717) is 6.04 Å². The number of nitrogens with one attached hydrogen (secondary N) is 1. The third-order valence-corrected chi connectivity index (χ3v) is 2.74. The molecule has 0 radical (unpaired) electrons. The molecule has 1 aromatic rings. The Kier molecular flexibility index (Phi) is 2.38. The van der Waals surface area contributed by atoms with E-state index < -0.39 is 0 Å². The fraction of sp³-hybridized carbons (Fsp3) is 0.600. The summed E-state index contributed by atoms with van der Waals surface area (Å²) < 4.78 is 5.39. The van der Waals surface area contributed by atoms with E-state index in [4.69, 9.17) is 4.42 Å². The maximum Gasteiger partial charge on any atom is 0.120 e. The molecule has 0 spiro atoms. The van der Waals surface area contributed by atoms with Crippen LogP contribution in [0.25, 0.3) is 0 Å². The predicted octanol–water partition coefficient (Wildman–Crippen LogP) is 0.992. The highest BCUT2D eigenvalue weighted by Crippen LogP contribution is 2.13. The molecule has 13 heavy (non-hydrogen) atoms. The van der Waals surface area contributed by atoms with Gasteiger partial charge in [0.2, 0.25) is 0 Å². The van der Waals surface area contributed by atoms with Gasteiger partial charge in [0.15, 0.2) is 0 Å². The number of hydrogen-bond donors (Lipinski definition) is 1. The fourth-order valence-electron chi connectivity index (χ4n) is 1.51. The molecule has 1 aliphatic rings. The molecule has 1 saturated heterocycles. The van der Waals surface area contributed by atoms with Crippen LogP contribution in [0.15, 0.2) is 16.7 Å².